The number of nitro benzene ring substituents is 1. The predicted molar refractivity (Wildman–Crippen MR) is 67.6 cm³/mol. The number of aromatic nitrogens is 1. The van der Waals surface area contributed by atoms with Crippen LogP contribution in [-0.2, 0) is 11.4 Å². The molecule has 0 N–H and O–H groups in total. The highest BCUT2D eigenvalue weighted by atomic mass is 32.1. The van der Waals surface area contributed by atoms with Crippen molar-refractivity contribution in [2.45, 2.75) is 6.61 Å². The molecule has 0 aliphatic rings. The second kappa shape index (κ2) is 5.87. The van der Waals surface area contributed by atoms with Gasteiger partial charge in [-0.3, -0.25) is 10.1 Å². The summed E-state index contributed by atoms with van der Waals surface area (Å²) in [4.78, 5) is 19.1. The smallest absolute Gasteiger partial charge is 0.269 e. The minimum atomic E-state index is -0.445. The zero-order valence-corrected chi connectivity index (χ0v) is 10.0. The average molecular weight is 263 g/mol. The summed E-state index contributed by atoms with van der Waals surface area (Å²) in [5, 5.41) is 16.1. The maximum absolute atomic E-state index is 10.4. The van der Waals surface area contributed by atoms with Crippen molar-refractivity contribution in [3.8, 4) is 0 Å². The first-order valence-electron chi connectivity index (χ1n) is 5.02. The Morgan fingerprint density at radius 2 is 2.22 bits per heavy atom. The maximum atomic E-state index is 10.4. The topological polar surface area (TPSA) is 77.6 Å². The summed E-state index contributed by atoms with van der Waals surface area (Å²) in [7, 11) is 0. The Labute approximate surface area is 107 Å². The largest absolute Gasteiger partial charge is 0.389 e. The van der Waals surface area contributed by atoms with Gasteiger partial charge in [0.25, 0.3) is 5.69 Å². The van der Waals surface area contributed by atoms with Crippen LogP contribution >= 0.6 is 11.3 Å². The van der Waals surface area contributed by atoms with Crippen LogP contribution in [0.2, 0.25) is 0 Å². The van der Waals surface area contributed by atoms with Crippen molar-refractivity contribution in [3.05, 3.63) is 56.5 Å². The highest BCUT2D eigenvalue weighted by Crippen LogP contribution is 2.10. The highest BCUT2D eigenvalue weighted by Gasteiger charge is 2.02. The van der Waals surface area contributed by atoms with E-state index >= 15 is 0 Å². The Bertz CT molecular complexity index is 537. The number of rotatable bonds is 5. The number of nitro groups is 1. The molecule has 0 fully saturated rings. The maximum Gasteiger partial charge on any atom is 0.269 e. The number of nitrogens with zero attached hydrogens (tertiary/aromatic N) is 3. The summed E-state index contributed by atoms with van der Waals surface area (Å²) in [6.45, 7) is 0.312. The van der Waals surface area contributed by atoms with Crippen molar-refractivity contribution >= 4 is 23.2 Å². The van der Waals surface area contributed by atoms with Gasteiger partial charge in [-0.05, 0) is 17.7 Å². The molecule has 0 saturated carbocycles. The molecule has 0 aliphatic heterocycles. The van der Waals surface area contributed by atoms with Crippen LogP contribution in [0.1, 0.15) is 11.3 Å². The van der Waals surface area contributed by atoms with E-state index in [0.717, 1.165) is 11.3 Å². The van der Waals surface area contributed by atoms with Crippen LogP contribution in [0.15, 0.2) is 40.3 Å². The van der Waals surface area contributed by atoms with Gasteiger partial charge in [0.2, 0.25) is 0 Å². The summed E-state index contributed by atoms with van der Waals surface area (Å²) in [5.41, 5.74) is 3.33. The molecule has 0 radical (unpaired) electrons. The van der Waals surface area contributed by atoms with Crippen molar-refractivity contribution in [3.63, 3.8) is 0 Å². The molecule has 6 nitrogen and oxygen atoms in total. The first-order valence-corrected chi connectivity index (χ1v) is 5.97. The van der Waals surface area contributed by atoms with Crippen LogP contribution in [0.5, 0.6) is 0 Å². The van der Waals surface area contributed by atoms with Gasteiger partial charge in [0.1, 0.15) is 0 Å². The lowest BCUT2D eigenvalue weighted by Crippen LogP contribution is -1.90. The number of hydrogen-bond donors (Lipinski definition) is 0. The van der Waals surface area contributed by atoms with Crippen molar-refractivity contribution < 1.29 is 9.76 Å². The second-order valence-electron chi connectivity index (χ2n) is 3.34. The molecule has 0 spiro atoms. The Balaban J connectivity index is 1.87. The number of hydrogen-bond acceptors (Lipinski definition) is 6. The van der Waals surface area contributed by atoms with Crippen molar-refractivity contribution in [1.82, 2.24) is 4.98 Å². The molecule has 0 amide bonds. The van der Waals surface area contributed by atoms with Gasteiger partial charge in [0.15, 0.2) is 6.61 Å². The van der Waals surface area contributed by atoms with E-state index in [0.29, 0.717) is 6.61 Å². The number of thiazole rings is 1. The standard InChI is InChI=1S/C11H9N3O3S/c15-14(16)11-3-1-9(2-4-11)5-13-17-6-10-7-18-8-12-10/h1-5,7-8H,6H2. The number of oxime groups is 1. The zero-order valence-electron chi connectivity index (χ0n) is 9.22. The molecule has 7 heteroatoms. The van der Waals surface area contributed by atoms with Crippen LogP contribution in [0.25, 0.3) is 0 Å². The van der Waals surface area contributed by atoms with Crippen LogP contribution in [0.4, 0.5) is 5.69 Å². The fourth-order valence-electron chi connectivity index (χ4n) is 1.19. The summed E-state index contributed by atoms with van der Waals surface area (Å²) in [5.74, 6) is 0. The van der Waals surface area contributed by atoms with Gasteiger partial charge in [-0.25, -0.2) is 4.98 Å². The predicted octanol–water partition coefficient (Wildman–Crippen LogP) is 2.60. The van der Waals surface area contributed by atoms with E-state index in [4.69, 9.17) is 4.84 Å². The van der Waals surface area contributed by atoms with Gasteiger partial charge in [0, 0.05) is 17.5 Å². The monoisotopic (exact) mass is 263 g/mol. The van der Waals surface area contributed by atoms with Gasteiger partial charge in [-0.2, -0.15) is 0 Å². The minimum Gasteiger partial charge on any atom is -0.389 e. The number of non-ortho nitro benzene ring substituents is 1. The van der Waals surface area contributed by atoms with Crippen molar-refractivity contribution in [2.24, 2.45) is 5.16 Å². The van der Waals surface area contributed by atoms with Crippen LogP contribution in [-0.4, -0.2) is 16.1 Å². The van der Waals surface area contributed by atoms with Crippen molar-refractivity contribution in [2.75, 3.05) is 0 Å². The van der Waals surface area contributed by atoms with Crippen LogP contribution in [0.3, 0.4) is 0 Å². The quantitative estimate of drug-likeness (QED) is 0.472. The molecule has 92 valence electrons. The molecular weight excluding hydrogens is 254 g/mol. The lowest BCUT2D eigenvalue weighted by molar-refractivity contribution is -0.384. The zero-order chi connectivity index (χ0) is 12.8. The molecule has 0 atom stereocenters. The number of benzene rings is 1. The fourth-order valence-corrected chi connectivity index (χ4v) is 1.74. The SMILES string of the molecule is O=[N+]([O-])c1ccc(C=NOCc2cscn2)cc1. The Kier molecular flexibility index (Phi) is 3.98. The van der Waals surface area contributed by atoms with Gasteiger partial charge < -0.3 is 4.84 Å². The van der Waals surface area contributed by atoms with E-state index in [2.05, 4.69) is 10.1 Å². The van der Waals surface area contributed by atoms with Crippen molar-refractivity contribution in [1.29, 1.82) is 0 Å². The summed E-state index contributed by atoms with van der Waals surface area (Å²) in [6.07, 6.45) is 1.50. The third kappa shape index (κ3) is 3.36. The molecule has 2 rings (SSSR count). The Morgan fingerprint density at radius 1 is 1.44 bits per heavy atom. The van der Waals surface area contributed by atoms with E-state index in [1.807, 2.05) is 5.38 Å². The first-order chi connectivity index (χ1) is 8.75. The van der Waals surface area contributed by atoms with E-state index in [9.17, 15) is 10.1 Å². The molecule has 0 saturated heterocycles. The third-order valence-corrected chi connectivity index (χ3v) is 2.71. The molecule has 1 aromatic heterocycles. The summed E-state index contributed by atoms with van der Waals surface area (Å²) < 4.78 is 0. The van der Waals surface area contributed by atoms with Gasteiger partial charge in [-0.1, -0.05) is 5.16 Å². The lowest BCUT2D eigenvalue weighted by Gasteiger charge is -1.95. The molecule has 0 unspecified atom stereocenters. The van der Waals surface area contributed by atoms with Crippen LogP contribution < -0.4 is 0 Å². The van der Waals surface area contributed by atoms with E-state index in [-0.39, 0.29) is 5.69 Å². The normalized spacial score (nSPS) is 10.7. The van der Waals surface area contributed by atoms with Crippen LogP contribution in [0, 0.1) is 10.1 Å². The van der Waals surface area contributed by atoms with Gasteiger partial charge in [0.05, 0.1) is 22.3 Å². The molecule has 18 heavy (non-hydrogen) atoms. The highest BCUT2D eigenvalue weighted by molar-refractivity contribution is 7.07. The Hall–Kier alpha value is -2.28. The second-order valence-corrected chi connectivity index (χ2v) is 4.06. The molecule has 1 heterocycles. The molecule has 2 aromatic rings. The minimum absolute atomic E-state index is 0.0514. The lowest BCUT2D eigenvalue weighted by atomic mass is 10.2. The third-order valence-electron chi connectivity index (χ3n) is 2.08. The molecule has 0 bridgehead atoms. The molecular formula is C11H9N3O3S. The molecule has 1 aromatic carbocycles. The van der Waals surface area contributed by atoms with E-state index in [1.165, 1.54) is 29.7 Å². The van der Waals surface area contributed by atoms with E-state index < -0.39 is 4.92 Å². The van der Waals surface area contributed by atoms with E-state index in [1.54, 1.807) is 17.6 Å². The Morgan fingerprint density at radius 3 is 2.83 bits per heavy atom. The van der Waals surface area contributed by atoms with Gasteiger partial charge in [-0.15, -0.1) is 11.3 Å². The fraction of sp³-hybridized carbons (Fsp3) is 0.0909. The molecule has 0 aliphatic carbocycles. The summed E-state index contributed by atoms with van der Waals surface area (Å²) in [6, 6.07) is 6.05. The average Bonchev–Trinajstić information content (AvgIpc) is 2.88. The summed E-state index contributed by atoms with van der Waals surface area (Å²) >= 11 is 1.49. The first kappa shape index (κ1) is 12.2. The van der Waals surface area contributed by atoms with Gasteiger partial charge >= 0.3 is 0 Å².